The average Bonchev–Trinajstić information content (AvgIpc) is 3.16. The van der Waals surface area contributed by atoms with E-state index >= 15 is 0 Å². The Hall–Kier alpha value is -2.50. The third-order valence-corrected chi connectivity index (χ3v) is 5.39. The molecule has 1 atom stereocenters. The van der Waals surface area contributed by atoms with Gasteiger partial charge in [-0.25, -0.2) is 0 Å². The lowest BCUT2D eigenvalue weighted by Gasteiger charge is -2.41. The molecule has 1 aliphatic rings. The Morgan fingerprint density at radius 1 is 0.815 bits per heavy atom. The lowest BCUT2D eigenvalue weighted by molar-refractivity contribution is 0.0726. The van der Waals surface area contributed by atoms with Crippen LogP contribution < -0.4 is 0 Å². The maximum atomic E-state index is 5.38. The number of hydrogen-bond donors (Lipinski definition) is 0. The predicted octanol–water partition coefficient (Wildman–Crippen LogP) is 3.85. The van der Waals surface area contributed by atoms with Crippen molar-refractivity contribution in [2.45, 2.75) is 25.9 Å². The number of hydrogen-bond acceptors (Lipinski definition) is 5. The van der Waals surface area contributed by atoms with Crippen molar-refractivity contribution in [1.82, 2.24) is 19.9 Å². The van der Waals surface area contributed by atoms with E-state index in [2.05, 4.69) is 87.5 Å². The van der Waals surface area contributed by atoms with Crippen LogP contribution in [0.2, 0.25) is 0 Å². The quantitative estimate of drug-likeness (QED) is 0.690. The molecule has 0 spiro atoms. The minimum Gasteiger partial charge on any atom is -0.338 e. The molecule has 2 aromatic carbocycles. The predicted molar refractivity (Wildman–Crippen MR) is 105 cm³/mol. The van der Waals surface area contributed by atoms with Gasteiger partial charge in [-0.1, -0.05) is 65.8 Å². The SMILES string of the molecule is Cc1noc([C@@H](C)N2CCN(C(c3ccccc3)c3ccccc3)CC2)n1. The highest BCUT2D eigenvalue weighted by Gasteiger charge is 2.29. The zero-order valence-electron chi connectivity index (χ0n) is 16.0. The summed E-state index contributed by atoms with van der Waals surface area (Å²) in [6.07, 6.45) is 0. The van der Waals surface area contributed by atoms with Crippen molar-refractivity contribution in [3.05, 3.63) is 83.5 Å². The Morgan fingerprint density at radius 2 is 1.33 bits per heavy atom. The van der Waals surface area contributed by atoms with Gasteiger partial charge in [0.25, 0.3) is 0 Å². The number of rotatable bonds is 5. The molecule has 4 rings (SSSR count). The summed E-state index contributed by atoms with van der Waals surface area (Å²) in [5, 5.41) is 3.93. The number of benzene rings is 2. The van der Waals surface area contributed by atoms with E-state index in [1.54, 1.807) is 0 Å². The van der Waals surface area contributed by atoms with Gasteiger partial charge in [-0.15, -0.1) is 0 Å². The third-order valence-electron chi connectivity index (χ3n) is 5.39. The lowest BCUT2D eigenvalue weighted by Crippen LogP contribution is -2.48. The molecule has 2 heterocycles. The van der Waals surface area contributed by atoms with Crippen molar-refractivity contribution in [3.63, 3.8) is 0 Å². The zero-order chi connectivity index (χ0) is 18.6. The van der Waals surface area contributed by atoms with Crippen LogP contribution in [0.4, 0.5) is 0 Å². The Balaban J connectivity index is 1.50. The van der Waals surface area contributed by atoms with Crippen LogP contribution in [0.15, 0.2) is 65.2 Å². The van der Waals surface area contributed by atoms with Gasteiger partial charge in [0.2, 0.25) is 5.89 Å². The minimum atomic E-state index is 0.153. The second-order valence-electron chi connectivity index (χ2n) is 7.15. The van der Waals surface area contributed by atoms with Crippen LogP contribution in [0.25, 0.3) is 0 Å². The molecular weight excluding hydrogens is 336 g/mol. The van der Waals surface area contributed by atoms with E-state index in [0.717, 1.165) is 26.2 Å². The molecule has 0 aliphatic carbocycles. The maximum Gasteiger partial charge on any atom is 0.243 e. The molecule has 1 aliphatic heterocycles. The molecule has 1 saturated heterocycles. The molecule has 140 valence electrons. The Bertz CT molecular complexity index is 802. The fraction of sp³-hybridized carbons (Fsp3) is 0.364. The van der Waals surface area contributed by atoms with E-state index in [9.17, 15) is 0 Å². The highest BCUT2D eigenvalue weighted by molar-refractivity contribution is 5.32. The molecule has 0 radical (unpaired) electrons. The molecule has 5 heteroatoms. The monoisotopic (exact) mass is 362 g/mol. The van der Waals surface area contributed by atoms with Crippen molar-refractivity contribution < 1.29 is 4.52 Å². The molecule has 0 unspecified atom stereocenters. The normalized spacial score (nSPS) is 17.3. The van der Waals surface area contributed by atoms with Crippen LogP contribution in [-0.2, 0) is 0 Å². The Morgan fingerprint density at radius 3 is 1.81 bits per heavy atom. The molecule has 0 N–H and O–H groups in total. The summed E-state index contributed by atoms with van der Waals surface area (Å²) < 4.78 is 5.38. The van der Waals surface area contributed by atoms with Crippen molar-refractivity contribution >= 4 is 0 Å². The number of nitrogens with zero attached hydrogens (tertiary/aromatic N) is 4. The van der Waals surface area contributed by atoms with Crippen molar-refractivity contribution in [2.75, 3.05) is 26.2 Å². The van der Waals surface area contributed by atoms with Crippen molar-refractivity contribution in [2.24, 2.45) is 0 Å². The van der Waals surface area contributed by atoms with E-state index in [-0.39, 0.29) is 12.1 Å². The molecule has 3 aromatic rings. The molecule has 0 amide bonds. The zero-order valence-corrected chi connectivity index (χ0v) is 16.0. The van der Waals surface area contributed by atoms with Crippen LogP contribution in [-0.4, -0.2) is 46.1 Å². The molecule has 0 bridgehead atoms. The summed E-state index contributed by atoms with van der Waals surface area (Å²) in [6, 6.07) is 22.0. The summed E-state index contributed by atoms with van der Waals surface area (Å²) in [5.74, 6) is 1.41. The van der Waals surface area contributed by atoms with Gasteiger partial charge in [-0.05, 0) is 25.0 Å². The Labute approximate surface area is 160 Å². The number of aryl methyl sites for hydroxylation is 1. The molecule has 0 saturated carbocycles. The first-order chi connectivity index (χ1) is 13.2. The lowest BCUT2D eigenvalue weighted by atomic mass is 9.96. The first-order valence-corrected chi connectivity index (χ1v) is 9.60. The highest BCUT2D eigenvalue weighted by Crippen LogP contribution is 2.30. The van der Waals surface area contributed by atoms with Crippen molar-refractivity contribution in [3.8, 4) is 0 Å². The van der Waals surface area contributed by atoms with E-state index in [0.29, 0.717) is 11.7 Å². The summed E-state index contributed by atoms with van der Waals surface area (Å²) in [4.78, 5) is 9.41. The number of aromatic nitrogens is 2. The van der Waals surface area contributed by atoms with Crippen LogP contribution in [0.3, 0.4) is 0 Å². The van der Waals surface area contributed by atoms with Crippen LogP contribution >= 0.6 is 0 Å². The largest absolute Gasteiger partial charge is 0.338 e. The van der Waals surface area contributed by atoms with Crippen LogP contribution in [0, 0.1) is 6.92 Å². The summed E-state index contributed by atoms with van der Waals surface area (Å²) in [5.41, 5.74) is 2.69. The number of piperazine rings is 1. The first-order valence-electron chi connectivity index (χ1n) is 9.60. The van der Waals surface area contributed by atoms with Crippen molar-refractivity contribution in [1.29, 1.82) is 0 Å². The second kappa shape index (κ2) is 8.03. The highest BCUT2D eigenvalue weighted by atomic mass is 16.5. The van der Waals surface area contributed by atoms with E-state index in [1.807, 2.05) is 6.92 Å². The van der Waals surface area contributed by atoms with Gasteiger partial charge in [0, 0.05) is 26.2 Å². The smallest absolute Gasteiger partial charge is 0.243 e. The van der Waals surface area contributed by atoms with Crippen LogP contribution in [0.1, 0.15) is 41.8 Å². The maximum absolute atomic E-state index is 5.38. The summed E-state index contributed by atoms with van der Waals surface area (Å²) in [6.45, 7) is 7.99. The first kappa shape index (κ1) is 17.9. The van der Waals surface area contributed by atoms with Gasteiger partial charge >= 0.3 is 0 Å². The van der Waals surface area contributed by atoms with Gasteiger partial charge in [0.15, 0.2) is 5.82 Å². The fourth-order valence-corrected chi connectivity index (χ4v) is 3.91. The second-order valence-corrected chi connectivity index (χ2v) is 7.15. The summed E-state index contributed by atoms with van der Waals surface area (Å²) >= 11 is 0. The van der Waals surface area contributed by atoms with Gasteiger partial charge in [0.05, 0.1) is 12.1 Å². The topological polar surface area (TPSA) is 45.4 Å². The van der Waals surface area contributed by atoms with Gasteiger partial charge in [0.1, 0.15) is 0 Å². The third kappa shape index (κ3) is 3.94. The van der Waals surface area contributed by atoms with Crippen LogP contribution in [0.5, 0.6) is 0 Å². The summed E-state index contributed by atoms with van der Waals surface area (Å²) in [7, 11) is 0. The standard InChI is InChI=1S/C22H26N4O/c1-17(22-23-18(2)24-27-22)25-13-15-26(16-14-25)21(19-9-5-3-6-10-19)20-11-7-4-8-12-20/h3-12,17,21H,13-16H2,1-2H3/t17-/m1/s1. The van der Waals surface area contributed by atoms with E-state index < -0.39 is 0 Å². The van der Waals surface area contributed by atoms with Gasteiger partial charge in [-0.2, -0.15) is 4.98 Å². The van der Waals surface area contributed by atoms with Gasteiger partial charge in [-0.3, -0.25) is 9.80 Å². The fourth-order valence-electron chi connectivity index (χ4n) is 3.91. The minimum absolute atomic E-state index is 0.153. The van der Waals surface area contributed by atoms with E-state index in [4.69, 9.17) is 4.52 Å². The average molecular weight is 362 g/mol. The molecular formula is C22H26N4O. The molecule has 1 aromatic heterocycles. The molecule has 5 nitrogen and oxygen atoms in total. The molecule has 27 heavy (non-hydrogen) atoms. The Kier molecular flexibility index (Phi) is 5.32. The molecule has 1 fully saturated rings. The van der Waals surface area contributed by atoms with Gasteiger partial charge < -0.3 is 4.52 Å². The van der Waals surface area contributed by atoms with E-state index in [1.165, 1.54) is 11.1 Å².